The zero-order chi connectivity index (χ0) is 24.3. The Balaban J connectivity index is 2.27. The molecule has 1 aromatic carbocycles. The number of aliphatic hydroxyl groups excluding tert-OH is 3. The third kappa shape index (κ3) is 7.12. The average Bonchev–Trinajstić information content (AvgIpc) is 2.66. The first-order valence-corrected chi connectivity index (χ1v) is 11.4. The Morgan fingerprint density at radius 3 is 2.38 bits per heavy atom. The Morgan fingerprint density at radius 1 is 1.16 bits per heavy atom. The zero-order valence-corrected chi connectivity index (χ0v) is 19.1. The second kappa shape index (κ2) is 10.4. The molecule has 6 N–H and O–H groups in total. The van der Waals surface area contributed by atoms with E-state index >= 15 is 0 Å². The lowest BCUT2D eigenvalue weighted by atomic mass is 9.99. The first kappa shape index (κ1) is 26.5. The molecule has 1 aromatic rings. The van der Waals surface area contributed by atoms with Crippen LogP contribution in [0.15, 0.2) is 18.2 Å². The minimum atomic E-state index is -4.20. The number of carboxylic acid groups (broad SMARTS) is 1. The molecule has 0 bridgehead atoms. The summed E-state index contributed by atoms with van der Waals surface area (Å²) in [5.41, 5.74) is 0.411. The van der Waals surface area contributed by atoms with E-state index in [1.807, 2.05) is 20.8 Å². The van der Waals surface area contributed by atoms with Gasteiger partial charge in [0.25, 0.3) is 0 Å². The fraction of sp³-hybridized carbons (Fsp3) is 0.632. The van der Waals surface area contributed by atoms with Crippen molar-refractivity contribution in [2.45, 2.75) is 70.5 Å². The molecule has 2 rings (SSSR count). The molecule has 0 spiro atoms. The molecule has 0 aromatic heterocycles. The van der Waals surface area contributed by atoms with E-state index < -0.39 is 50.0 Å². The number of carboxylic acids is 1. The van der Waals surface area contributed by atoms with Crippen molar-refractivity contribution in [1.82, 2.24) is 0 Å². The van der Waals surface area contributed by atoms with E-state index in [1.165, 1.54) is 12.1 Å². The molecule has 6 unspecified atom stereocenters. The highest BCUT2D eigenvalue weighted by molar-refractivity contribution is 7.47. The second-order valence-corrected chi connectivity index (χ2v) is 9.67. The number of aliphatic carboxylic acids is 1. The van der Waals surface area contributed by atoms with Gasteiger partial charge in [0.1, 0.15) is 24.1 Å². The summed E-state index contributed by atoms with van der Waals surface area (Å²) in [5.74, 6) is -1.39. The fourth-order valence-electron chi connectivity index (χ4n) is 2.90. The van der Waals surface area contributed by atoms with Gasteiger partial charge in [-0.05, 0) is 45.4 Å². The van der Waals surface area contributed by atoms with Crippen LogP contribution in [0, 0.1) is 0 Å². The van der Waals surface area contributed by atoms with E-state index in [2.05, 4.69) is 9.84 Å². The first-order valence-electron chi connectivity index (χ1n) is 9.86. The molecule has 1 fully saturated rings. The van der Waals surface area contributed by atoms with Crippen molar-refractivity contribution >= 4 is 19.5 Å². The minimum Gasteiger partial charge on any atom is -0.479 e. The van der Waals surface area contributed by atoms with E-state index in [-0.39, 0.29) is 19.0 Å². The molecule has 1 saturated heterocycles. The van der Waals surface area contributed by atoms with Gasteiger partial charge in [0.2, 0.25) is 6.29 Å². The number of benzene rings is 1. The Labute approximate surface area is 185 Å². The van der Waals surface area contributed by atoms with Gasteiger partial charge in [0.15, 0.2) is 6.10 Å². The van der Waals surface area contributed by atoms with Gasteiger partial charge in [-0.1, -0.05) is 6.07 Å². The standard InChI is InChI=1S/C19H30NO11P/c1-5-28-32(26,27)29-9-10-6-7-12(11(8-10)20-19(2,3)4)30-18-15(23)13(21)14(22)16(31-18)17(24)25/h6-8,13-16,18,20-23H,5,9H2,1-4H3,(H,24,25)(H,26,27). The summed E-state index contributed by atoms with van der Waals surface area (Å²) in [6.45, 7) is 6.90. The van der Waals surface area contributed by atoms with Crippen LogP contribution in [0.25, 0.3) is 0 Å². The van der Waals surface area contributed by atoms with Crippen LogP contribution in [-0.2, 0) is 29.8 Å². The normalized spacial score (nSPS) is 28.1. The molecule has 6 atom stereocenters. The van der Waals surface area contributed by atoms with Gasteiger partial charge in [-0.25, -0.2) is 9.36 Å². The fourth-order valence-corrected chi connectivity index (χ4v) is 3.62. The maximum atomic E-state index is 11.7. The number of rotatable bonds is 9. The van der Waals surface area contributed by atoms with E-state index in [4.69, 9.17) is 14.0 Å². The highest BCUT2D eigenvalue weighted by Crippen LogP contribution is 2.44. The van der Waals surface area contributed by atoms with Gasteiger partial charge in [-0.3, -0.25) is 9.05 Å². The highest BCUT2D eigenvalue weighted by Gasteiger charge is 2.48. The number of aliphatic hydroxyl groups is 3. The van der Waals surface area contributed by atoms with Crippen LogP contribution < -0.4 is 10.1 Å². The van der Waals surface area contributed by atoms with E-state index in [0.717, 1.165) is 0 Å². The van der Waals surface area contributed by atoms with E-state index in [0.29, 0.717) is 11.3 Å². The summed E-state index contributed by atoms with van der Waals surface area (Å²) >= 11 is 0. The lowest BCUT2D eigenvalue weighted by Crippen LogP contribution is -2.61. The highest BCUT2D eigenvalue weighted by atomic mass is 31.2. The molecule has 182 valence electrons. The quantitative estimate of drug-likeness (QED) is 0.275. The van der Waals surface area contributed by atoms with E-state index in [1.54, 1.807) is 13.0 Å². The Hall–Kier alpha value is -1.76. The SMILES string of the molecule is CCOP(=O)(O)OCc1ccc(OC2OC(C(=O)O)C(O)C(O)C2O)c(NC(C)(C)C)c1. The predicted molar refractivity (Wildman–Crippen MR) is 111 cm³/mol. The van der Waals surface area contributed by atoms with Crippen molar-refractivity contribution in [2.24, 2.45) is 0 Å². The Kier molecular flexibility index (Phi) is 8.65. The van der Waals surface area contributed by atoms with Crippen LogP contribution >= 0.6 is 7.82 Å². The van der Waals surface area contributed by atoms with E-state index in [9.17, 15) is 34.7 Å². The second-order valence-electron chi connectivity index (χ2n) is 8.22. The molecule has 1 aliphatic heterocycles. The molecule has 12 nitrogen and oxygen atoms in total. The molecular formula is C19H30NO11P. The first-order chi connectivity index (χ1) is 14.7. The molecular weight excluding hydrogens is 449 g/mol. The third-order valence-electron chi connectivity index (χ3n) is 4.30. The number of hydrogen-bond donors (Lipinski definition) is 6. The summed E-state index contributed by atoms with van der Waals surface area (Å²) in [4.78, 5) is 20.9. The lowest BCUT2D eigenvalue weighted by molar-refractivity contribution is -0.271. The summed E-state index contributed by atoms with van der Waals surface area (Å²) in [6.07, 6.45) is -8.76. The molecule has 32 heavy (non-hydrogen) atoms. The monoisotopic (exact) mass is 479 g/mol. The predicted octanol–water partition coefficient (Wildman–Crippen LogP) is 0.821. The molecule has 0 aliphatic carbocycles. The van der Waals surface area contributed by atoms with Gasteiger partial charge in [0, 0.05) is 5.54 Å². The number of ether oxygens (including phenoxy) is 2. The van der Waals surface area contributed by atoms with Gasteiger partial charge < -0.3 is 40.1 Å². The molecule has 0 amide bonds. The topological polar surface area (TPSA) is 184 Å². The van der Waals surface area contributed by atoms with Crippen LogP contribution in [-0.4, -0.2) is 74.1 Å². The number of nitrogens with one attached hydrogen (secondary N) is 1. The molecule has 1 aliphatic rings. The van der Waals surface area contributed by atoms with Crippen LogP contribution in [0.4, 0.5) is 5.69 Å². The van der Waals surface area contributed by atoms with Crippen LogP contribution in [0.2, 0.25) is 0 Å². The molecule has 0 saturated carbocycles. The maximum Gasteiger partial charge on any atom is 0.472 e. The van der Waals surface area contributed by atoms with Crippen molar-refractivity contribution < 1.29 is 53.2 Å². The minimum absolute atomic E-state index is 0.00101. The third-order valence-corrected chi connectivity index (χ3v) is 5.34. The number of phosphoric acid groups is 1. The summed E-state index contributed by atoms with van der Waals surface area (Å²) < 4.78 is 32.2. The van der Waals surface area contributed by atoms with Crippen molar-refractivity contribution in [1.29, 1.82) is 0 Å². The van der Waals surface area contributed by atoms with Gasteiger partial charge in [-0.15, -0.1) is 0 Å². The Morgan fingerprint density at radius 2 is 1.81 bits per heavy atom. The van der Waals surface area contributed by atoms with Crippen molar-refractivity contribution in [3.63, 3.8) is 0 Å². The summed E-state index contributed by atoms with van der Waals surface area (Å²) in [7, 11) is -4.20. The smallest absolute Gasteiger partial charge is 0.472 e. The lowest BCUT2D eigenvalue weighted by Gasteiger charge is -2.38. The number of hydrogen-bond acceptors (Lipinski definition) is 10. The van der Waals surface area contributed by atoms with Crippen LogP contribution in [0.3, 0.4) is 0 Å². The number of phosphoric ester groups is 1. The van der Waals surface area contributed by atoms with Crippen molar-refractivity contribution in [2.75, 3.05) is 11.9 Å². The van der Waals surface area contributed by atoms with Crippen molar-refractivity contribution in [3.05, 3.63) is 23.8 Å². The maximum absolute atomic E-state index is 11.7. The molecule has 1 heterocycles. The average molecular weight is 479 g/mol. The largest absolute Gasteiger partial charge is 0.479 e. The van der Waals surface area contributed by atoms with Crippen LogP contribution in [0.1, 0.15) is 33.3 Å². The summed E-state index contributed by atoms with van der Waals surface area (Å²) in [6, 6.07) is 4.55. The van der Waals surface area contributed by atoms with Crippen molar-refractivity contribution in [3.8, 4) is 5.75 Å². The van der Waals surface area contributed by atoms with Gasteiger partial charge in [0.05, 0.1) is 18.9 Å². The molecule has 13 heteroatoms. The number of anilines is 1. The Bertz CT molecular complexity index is 843. The zero-order valence-electron chi connectivity index (χ0n) is 18.2. The van der Waals surface area contributed by atoms with Gasteiger partial charge >= 0.3 is 13.8 Å². The molecule has 0 radical (unpaired) electrons. The van der Waals surface area contributed by atoms with Gasteiger partial charge in [-0.2, -0.15) is 0 Å². The summed E-state index contributed by atoms with van der Waals surface area (Å²) in [5, 5.41) is 42.4. The number of carbonyl (C=O) groups is 1. The van der Waals surface area contributed by atoms with Crippen LogP contribution in [0.5, 0.6) is 5.75 Å².